The van der Waals surface area contributed by atoms with Crippen molar-refractivity contribution in [3.63, 3.8) is 0 Å². The molecule has 1 N–H and O–H groups in total. The largest absolute Gasteiger partial charge is 0.494 e. The van der Waals surface area contributed by atoms with Crippen LogP contribution in [-0.2, 0) is 10.2 Å². The molecule has 0 atom stereocenters. The lowest BCUT2D eigenvalue weighted by atomic mass is 9.87. The summed E-state index contributed by atoms with van der Waals surface area (Å²) in [5.74, 6) is 1.15. The third-order valence-electron chi connectivity index (χ3n) is 3.52. The van der Waals surface area contributed by atoms with E-state index in [9.17, 15) is 4.79 Å². The van der Waals surface area contributed by atoms with E-state index in [2.05, 4.69) is 26.1 Å². The highest BCUT2D eigenvalue weighted by molar-refractivity contribution is 5.91. The zero-order valence-corrected chi connectivity index (χ0v) is 14.8. The van der Waals surface area contributed by atoms with E-state index >= 15 is 0 Å². The van der Waals surface area contributed by atoms with Crippen LogP contribution < -0.4 is 14.8 Å². The van der Waals surface area contributed by atoms with E-state index in [4.69, 9.17) is 9.47 Å². The van der Waals surface area contributed by atoms with Gasteiger partial charge in [-0.15, -0.1) is 0 Å². The van der Waals surface area contributed by atoms with Crippen molar-refractivity contribution < 1.29 is 14.3 Å². The Labute approximate surface area is 143 Å². The van der Waals surface area contributed by atoms with E-state index in [-0.39, 0.29) is 17.9 Å². The monoisotopic (exact) mass is 327 g/mol. The molecule has 0 aliphatic carbocycles. The SMILES string of the molecule is CCOc1cccc(OCC(=O)Nc2ccc(C(C)(C)C)cc2)c1. The minimum absolute atomic E-state index is 0.0450. The molecular formula is C20H25NO3. The molecule has 0 bridgehead atoms. The smallest absolute Gasteiger partial charge is 0.262 e. The molecule has 0 fully saturated rings. The summed E-state index contributed by atoms with van der Waals surface area (Å²) in [6, 6.07) is 15.1. The van der Waals surface area contributed by atoms with Gasteiger partial charge in [0.1, 0.15) is 11.5 Å². The van der Waals surface area contributed by atoms with Gasteiger partial charge < -0.3 is 14.8 Å². The molecule has 1 amide bonds. The number of amides is 1. The Balaban J connectivity index is 1.88. The Morgan fingerprint density at radius 1 is 1.00 bits per heavy atom. The fourth-order valence-corrected chi connectivity index (χ4v) is 2.22. The lowest BCUT2D eigenvalue weighted by Crippen LogP contribution is -2.20. The van der Waals surface area contributed by atoms with Gasteiger partial charge in [0, 0.05) is 11.8 Å². The van der Waals surface area contributed by atoms with Crippen LogP contribution in [0.4, 0.5) is 5.69 Å². The van der Waals surface area contributed by atoms with Crippen LogP contribution in [-0.4, -0.2) is 19.1 Å². The molecule has 0 aromatic heterocycles. The maximum Gasteiger partial charge on any atom is 0.262 e. The molecule has 0 spiro atoms. The minimum Gasteiger partial charge on any atom is -0.494 e. The highest BCUT2D eigenvalue weighted by atomic mass is 16.5. The zero-order valence-electron chi connectivity index (χ0n) is 14.8. The zero-order chi connectivity index (χ0) is 17.6. The summed E-state index contributed by atoms with van der Waals surface area (Å²) in [5, 5.41) is 2.84. The molecule has 4 heteroatoms. The second kappa shape index (κ2) is 7.86. The molecule has 2 rings (SSSR count). The summed E-state index contributed by atoms with van der Waals surface area (Å²) in [6.07, 6.45) is 0. The van der Waals surface area contributed by atoms with Gasteiger partial charge in [-0.1, -0.05) is 39.0 Å². The number of carbonyl (C=O) groups excluding carboxylic acids is 1. The standard InChI is InChI=1S/C20H25NO3/c1-5-23-17-7-6-8-18(13-17)24-14-19(22)21-16-11-9-15(10-12-16)20(2,3)4/h6-13H,5,14H2,1-4H3,(H,21,22). The summed E-state index contributed by atoms with van der Waals surface area (Å²) in [7, 11) is 0. The van der Waals surface area contributed by atoms with Crippen LogP contribution in [0, 0.1) is 0 Å². The van der Waals surface area contributed by atoms with E-state index in [1.165, 1.54) is 5.56 Å². The van der Waals surface area contributed by atoms with Gasteiger partial charge in [-0.2, -0.15) is 0 Å². The van der Waals surface area contributed by atoms with E-state index in [1.807, 2.05) is 43.3 Å². The van der Waals surface area contributed by atoms with Crippen LogP contribution in [0.2, 0.25) is 0 Å². The number of nitrogens with one attached hydrogen (secondary N) is 1. The molecule has 128 valence electrons. The summed E-state index contributed by atoms with van der Waals surface area (Å²) in [5.41, 5.74) is 2.08. The molecule has 0 unspecified atom stereocenters. The van der Waals surface area contributed by atoms with Crippen molar-refractivity contribution in [1.82, 2.24) is 0 Å². The first-order valence-corrected chi connectivity index (χ1v) is 8.14. The van der Waals surface area contributed by atoms with Gasteiger partial charge in [0.05, 0.1) is 6.61 Å². The maximum atomic E-state index is 12.0. The van der Waals surface area contributed by atoms with Crippen LogP contribution >= 0.6 is 0 Å². The van der Waals surface area contributed by atoms with Crippen molar-refractivity contribution in [2.75, 3.05) is 18.5 Å². The third kappa shape index (κ3) is 5.30. The number of ether oxygens (including phenoxy) is 2. The Bertz CT molecular complexity index is 672. The molecular weight excluding hydrogens is 302 g/mol. The molecule has 0 aliphatic heterocycles. The Kier molecular flexibility index (Phi) is 5.85. The van der Waals surface area contributed by atoms with Crippen molar-refractivity contribution in [3.8, 4) is 11.5 Å². The minimum atomic E-state index is -0.194. The van der Waals surface area contributed by atoms with E-state index in [1.54, 1.807) is 12.1 Å². The van der Waals surface area contributed by atoms with Gasteiger partial charge in [0.25, 0.3) is 5.91 Å². The molecule has 0 radical (unpaired) electrons. The predicted octanol–water partition coefficient (Wildman–Crippen LogP) is 4.40. The van der Waals surface area contributed by atoms with Gasteiger partial charge in [-0.05, 0) is 42.2 Å². The van der Waals surface area contributed by atoms with Gasteiger partial charge in [-0.25, -0.2) is 0 Å². The molecule has 0 saturated carbocycles. The first-order valence-electron chi connectivity index (χ1n) is 8.14. The summed E-state index contributed by atoms with van der Waals surface area (Å²) in [6.45, 7) is 8.94. The van der Waals surface area contributed by atoms with Crippen LogP contribution in [0.5, 0.6) is 11.5 Å². The lowest BCUT2D eigenvalue weighted by Gasteiger charge is -2.19. The maximum absolute atomic E-state index is 12.0. The molecule has 2 aromatic carbocycles. The normalized spacial score (nSPS) is 11.0. The Morgan fingerprint density at radius 2 is 1.62 bits per heavy atom. The fourth-order valence-electron chi connectivity index (χ4n) is 2.22. The molecule has 4 nitrogen and oxygen atoms in total. The number of rotatable bonds is 6. The van der Waals surface area contributed by atoms with Crippen LogP contribution in [0.25, 0.3) is 0 Å². The molecule has 0 saturated heterocycles. The highest BCUT2D eigenvalue weighted by Crippen LogP contribution is 2.23. The number of hydrogen-bond donors (Lipinski definition) is 1. The van der Waals surface area contributed by atoms with E-state index in [0.717, 1.165) is 11.4 Å². The van der Waals surface area contributed by atoms with E-state index in [0.29, 0.717) is 12.4 Å². The van der Waals surface area contributed by atoms with Crippen molar-refractivity contribution in [2.24, 2.45) is 0 Å². The summed E-state index contributed by atoms with van der Waals surface area (Å²) in [4.78, 5) is 12.0. The number of benzene rings is 2. The van der Waals surface area contributed by atoms with Crippen LogP contribution in [0.15, 0.2) is 48.5 Å². The molecule has 24 heavy (non-hydrogen) atoms. The lowest BCUT2D eigenvalue weighted by molar-refractivity contribution is -0.118. The second-order valence-electron chi connectivity index (χ2n) is 6.57. The number of hydrogen-bond acceptors (Lipinski definition) is 3. The average molecular weight is 327 g/mol. The predicted molar refractivity (Wildman–Crippen MR) is 96.9 cm³/mol. The van der Waals surface area contributed by atoms with Gasteiger partial charge in [0.2, 0.25) is 0 Å². The highest BCUT2D eigenvalue weighted by Gasteiger charge is 2.13. The second-order valence-corrected chi connectivity index (χ2v) is 6.57. The summed E-state index contributed by atoms with van der Waals surface area (Å²) < 4.78 is 10.9. The molecule has 0 heterocycles. The van der Waals surface area contributed by atoms with Gasteiger partial charge in [-0.3, -0.25) is 4.79 Å². The topological polar surface area (TPSA) is 47.6 Å². The number of anilines is 1. The van der Waals surface area contributed by atoms with Crippen molar-refractivity contribution in [2.45, 2.75) is 33.1 Å². The van der Waals surface area contributed by atoms with Crippen molar-refractivity contribution in [3.05, 3.63) is 54.1 Å². The Hall–Kier alpha value is -2.49. The van der Waals surface area contributed by atoms with Crippen LogP contribution in [0.1, 0.15) is 33.3 Å². The Morgan fingerprint density at radius 3 is 2.21 bits per heavy atom. The first kappa shape index (κ1) is 17.9. The fraction of sp³-hybridized carbons (Fsp3) is 0.350. The van der Waals surface area contributed by atoms with Crippen molar-refractivity contribution >= 4 is 11.6 Å². The first-order chi connectivity index (χ1) is 11.4. The average Bonchev–Trinajstić information content (AvgIpc) is 2.53. The van der Waals surface area contributed by atoms with E-state index < -0.39 is 0 Å². The summed E-state index contributed by atoms with van der Waals surface area (Å²) >= 11 is 0. The molecule has 2 aromatic rings. The van der Waals surface area contributed by atoms with Crippen molar-refractivity contribution in [1.29, 1.82) is 0 Å². The molecule has 0 aliphatic rings. The van der Waals surface area contributed by atoms with Gasteiger partial charge in [0.15, 0.2) is 6.61 Å². The number of carbonyl (C=O) groups is 1. The van der Waals surface area contributed by atoms with Crippen LogP contribution in [0.3, 0.4) is 0 Å². The quantitative estimate of drug-likeness (QED) is 0.855. The van der Waals surface area contributed by atoms with Gasteiger partial charge >= 0.3 is 0 Å². The third-order valence-corrected chi connectivity index (χ3v) is 3.52.